The number of nitrogens with zero attached hydrogens (tertiary/aromatic N) is 1. The maximum Gasteiger partial charge on any atom is 0.0451 e. The van der Waals surface area contributed by atoms with Gasteiger partial charge in [0, 0.05) is 23.8 Å². The van der Waals surface area contributed by atoms with Crippen LogP contribution in [-0.2, 0) is 6.54 Å². The lowest BCUT2D eigenvalue weighted by Gasteiger charge is -2.07. The molecule has 1 aromatic heterocycles. The third-order valence-electron chi connectivity index (χ3n) is 2.44. The number of hydrogen-bond acceptors (Lipinski definition) is 2. The molecular weight excluding hydrogens is 172 g/mol. The molecule has 72 valence electrons. The van der Waals surface area contributed by atoms with E-state index in [9.17, 15) is 0 Å². The quantitative estimate of drug-likeness (QED) is 0.778. The van der Waals surface area contributed by atoms with Crippen LogP contribution in [0, 0.1) is 6.92 Å². The topological polar surface area (TPSA) is 24.9 Å². The molecule has 2 heteroatoms. The van der Waals surface area contributed by atoms with Crippen LogP contribution in [0.1, 0.15) is 11.3 Å². The largest absolute Gasteiger partial charge is 0.316 e. The molecule has 2 nitrogen and oxygen atoms in total. The van der Waals surface area contributed by atoms with E-state index < -0.39 is 0 Å². The van der Waals surface area contributed by atoms with Gasteiger partial charge in [-0.2, -0.15) is 0 Å². The van der Waals surface area contributed by atoms with Gasteiger partial charge in [-0.05, 0) is 24.9 Å². The van der Waals surface area contributed by atoms with Crippen LogP contribution in [0.2, 0.25) is 0 Å². The average Bonchev–Trinajstić information content (AvgIpc) is 2.23. The highest BCUT2D eigenvalue weighted by Crippen LogP contribution is 2.19. The first-order valence-corrected chi connectivity index (χ1v) is 4.80. The first-order valence-electron chi connectivity index (χ1n) is 4.80. The van der Waals surface area contributed by atoms with Crippen LogP contribution >= 0.6 is 0 Å². The van der Waals surface area contributed by atoms with Gasteiger partial charge in [-0.15, -0.1) is 0 Å². The van der Waals surface area contributed by atoms with Crippen LogP contribution in [0.5, 0.6) is 0 Å². The Morgan fingerprint density at radius 2 is 1.93 bits per heavy atom. The number of hydrogen-bond donors (Lipinski definition) is 1. The molecule has 0 aliphatic heterocycles. The second kappa shape index (κ2) is 3.76. The van der Waals surface area contributed by atoms with Gasteiger partial charge in [-0.25, -0.2) is 0 Å². The molecule has 1 heterocycles. The van der Waals surface area contributed by atoms with E-state index in [1.165, 1.54) is 16.3 Å². The molecule has 14 heavy (non-hydrogen) atoms. The predicted octanol–water partition coefficient (Wildman–Crippen LogP) is 2.26. The first-order chi connectivity index (χ1) is 6.83. The number of nitrogens with one attached hydrogen (secondary N) is 1. The molecule has 0 fully saturated rings. The summed E-state index contributed by atoms with van der Waals surface area (Å²) < 4.78 is 0. The van der Waals surface area contributed by atoms with Crippen molar-refractivity contribution in [1.29, 1.82) is 0 Å². The van der Waals surface area contributed by atoms with Crippen LogP contribution in [0.25, 0.3) is 10.8 Å². The van der Waals surface area contributed by atoms with Gasteiger partial charge in [0.05, 0.1) is 0 Å². The summed E-state index contributed by atoms with van der Waals surface area (Å²) >= 11 is 0. The number of benzene rings is 1. The van der Waals surface area contributed by atoms with Gasteiger partial charge >= 0.3 is 0 Å². The molecule has 0 aliphatic rings. The number of aromatic nitrogens is 1. The van der Waals surface area contributed by atoms with E-state index in [1.54, 1.807) is 0 Å². The molecule has 0 atom stereocenters. The van der Waals surface area contributed by atoms with Gasteiger partial charge in [0.25, 0.3) is 0 Å². The predicted molar refractivity (Wildman–Crippen MR) is 59.2 cm³/mol. The van der Waals surface area contributed by atoms with Crippen LogP contribution in [0.3, 0.4) is 0 Å². The minimum atomic E-state index is 0.869. The van der Waals surface area contributed by atoms with Gasteiger partial charge < -0.3 is 5.32 Å². The third kappa shape index (κ3) is 1.49. The fraction of sp³-hybridized carbons (Fsp3) is 0.250. The molecule has 0 amide bonds. The Hall–Kier alpha value is -1.41. The maximum atomic E-state index is 4.39. The second-order valence-electron chi connectivity index (χ2n) is 3.44. The number of pyridine rings is 1. The molecule has 0 spiro atoms. The van der Waals surface area contributed by atoms with Gasteiger partial charge in [0.15, 0.2) is 0 Å². The monoisotopic (exact) mass is 186 g/mol. The molecule has 2 rings (SSSR count). The lowest BCUT2D eigenvalue weighted by atomic mass is 10.1. The van der Waals surface area contributed by atoms with Crippen molar-refractivity contribution in [3.63, 3.8) is 0 Å². The summed E-state index contributed by atoms with van der Waals surface area (Å²) in [5.41, 5.74) is 2.36. The van der Waals surface area contributed by atoms with E-state index in [-0.39, 0.29) is 0 Å². The van der Waals surface area contributed by atoms with E-state index in [0.717, 1.165) is 12.2 Å². The highest BCUT2D eigenvalue weighted by molar-refractivity contribution is 5.87. The summed E-state index contributed by atoms with van der Waals surface area (Å²) in [6, 6.07) is 8.40. The summed E-state index contributed by atoms with van der Waals surface area (Å²) in [5.74, 6) is 0. The zero-order valence-corrected chi connectivity index (χ0v) is 8.54. The van der Waals surface area contributed by atoms with Crippen molar-refractivity contribution in [3.05, 3.63) is 41.7 Å². The van der Waals surface area contributed by atoms with E-state index in [2.05, 4.69) is 34.6 Å². The van der Waals surface area contributed by atoms with Crippen molar-refractivity contribution in [2.45, 2.75) is 13.5 Å². The van der Waals surface area contributed by atoms with Gasteiger partial charge in [-0.3, -0.25) is 4.98 Å². The first kappa shape index (κ1) is 9.16. The van der Waals surface area contributed by atoms with Crippen molar-refractivity contribution in [2.24, 2.45) is 0 Å². The van der Waals surface area contributed by atoms with E-state index in [4.69, 9.17) is 0 Å². The zero-order valence-electron chi connectivity index (χ0n) is 8.54. The minimum Gasteiger partial charge on any atom is -0.316 e. The number of rotatable bonds is 2. The third-order valence-corrected chi connectivity index (χ3v) is 2.44. The van der Waals surface area contributed by atoms with Gasteiger partial charge in [0.2, 0.25) is 0 Å². The summed E-state index contributed by atoms with van der Waals surface area (Å²) in [6.45, 7) is 2.92. The van der Waals surface area contributed by atoms with Crippen molar-refractivity contribution >= 4 is 10.8 Å². The van der Waals surface area contributed by atoms with Crippen molar-refractivity contribution in [3.8, 4) is 0 Å². The van der Waals surface area contributed by atoms with Gasteiger partial charge in [0.1, 0.15) is 0 Å². The molecule has 0 aliphatic carbocycles. The SMILES string of the molecule is CNCc1cnc(C)c2ccccc12. The van der Waals surface area contributed by atoms with E-state index >= 15 is 0 Å². The normalized spacial score (nSPS) is 10.7. The van der Waals surface area contributed by atoms with Crippen LogP contribution < -0.4 is 5.32 Å². The molecular formula is C12H14N2. The second-order valence-corrected chi connectivity index (χ2v) is 3.44. The zero-order chi connectivity index (χ0) is 9.97. The fourth-order valence-corrected chi connectivity index (χ4v) is 1.72. The maximum absolute atomic E-state index is 4.39. The fourth-order valence-electron chi connectivity index (χ4n) is 1.72. The van der Waals surface area contributed by atoms with Crippen LogP contribution in [0.4, 0.5) is 0 Å². The molecule has 1 aromatic carbocycles. The molecule has 0 saturated heterocycles. The van der Waals surface area contributed by atoms with Crippen LogP contribution in [0.15, 0.2) is 30.5 Å². The standard InChI is InChI=1S/C12H14N2/c1-9-11-5-3-4-6-12(11)10(7-13-2)8-14-9/h3-6,8,13H,7H2,1-2H3. The molecule has 0 saturated carbocycles. The Morgan fingerprint density at radius 1 is 1.21 bits per heavy atom. The Kier molecular flexibility index (Phi) is 2.46. The van der Waals surface area contributed by atoms with Crippen molar-refractivity contribution < 1.29 is 0 Å². The minimum absolute atomic E-state index is 0.869. The van der Waals surface area contributed by atoms with Crippen molar-refractivity contribution in [1.82, 2.24) is 10.3 Å². The highest BCUT2D eigenvalue weighted by atomic mass is 14.8. The summed E-state index contributed by atoms with van der Waals surface area (Å²) in [7, 11) is 1.95. The Labute approximate surface area is 84.0 Å². The number of aryl methyl sites for hydroxylation is 1. The molecule has 0 radical (unpaired) electrons. The Morgan fingerprint density at radius 3 is 2.64 bits per heavy atom. The Balaban J connectivity index is 2.68. The Bertz CT molecular complexity index is 449. The van der Waals surface area contributed by atoms with E-state index in [1.807, 2.05) is 20.2 Å². The van der Waals surface area contributed by atoms with Gasteiger partial charge in [-0.1, -0.05) is 24.3 Å². The molecule has 0 unspecified atom stereocenters. The summed E-state index contributed by atoms with van der Waals surface area (Å²) in [6.07, 6.45) is 1.95. The average molecular weight is 186 g/mol. The van der Waals surface area contributed by atoms with E-state index in [0.29, 0.717) is 0 Å². The highest BCUT2D eigenvalue weighted by Gasteiger charge is 2.02. The van der Waals surface area contributed by atoms with Crippen LogP contribution in [-0.4, -0.2) is 12.0 Å². The molecule has 2 aromatic rings. The summed E-state index contributed by atoms with van der Waals surface area (Å²) in [5, 5.41) is 5.71. The van der Waals surface area contributed by atoms with Crippen molar-refractivity contribution in [2.75, 3.05) is 7.05 Å². The summed E-state index contributed by atoms with van der Waals surface area (Å²) in [4.78, 5) is 4.39. The smallest absolute Gasteiger partial charge is 0.0451 e. The molecule has 0 bridgehead atoms. The lowest BCUT2D eigenvalue weighted by molar-refractivity contribution is 0.819. The lowest BCUT2D eigenvalue weighted by Crippen LogP contribution is -2.06. The number of fused-ring (bicyclic) bond motifs is 1. The molecule has 1 N–H and O–H groups in total.